The molecule has 2 aromatic rings. The molecule has 0 aliphatic carbocycles. The van der Waals surface area contributed by atoms with Crippen molar-refractivity contribution in [1.82, 2.24) is 0 Å². The number of methoxy groups -OCH3 is 1. The first kappa shape index (κ1) is 16.1. The van der Waals surface area contributed by atoms with Crippen LogP contribution in [0.25, 0.3) is 0 Å². The molecular weight excluding hydrogens is 302 g/mol. The molecule has 2 aromatic carbocycles. The molecule has 0 bridgehead atoms. The van der Waals surface area contributed by atoms with Crippen molar-refractivity contribution in [3.63, 3.8) is 0 Å². The van der Waals surface area contributed by atoms with E-state index in [4.69, 9.17) is 10.5 Å². The van der Waals surface area contributed by atoms with Crippen molar-refractivity contribution in [3.05, 3.63) is 59.4 Å². The van der Waals surface area contributed by atoms with Crippen LogP contribution in [0.15, 0.2) is 42.5 Å². The zero-order valence-corrected chi connectivity index (χ0v) is 11.5. The number of hydrogen-bond donors (Lipinski definition) is 1. The molecule has 118 valence electrons. The number of nitrogens with two attached hydrogens (primary N) is 1. The predicted molar refractivity (Wildman–Crippen MR) is 72.1 cm³/mol. The van der Waals surface area contributed by atoms with E-state index in [1.54, 1.807) is 6.07 Å². The second kappa shape index (κ2) is 6.23. The van der Waals surface area contributed by atoms with E-state index in [1.165, 1.54) is 31.4 Å². The number of ether oxygens (including phenoxy) is 2. The Kier molecular flexibility index (Phi) is 4.56. The highest BCUT2D eigenvalue weighted by Crippen LogP contribution is 2.27. The number of alkyl halides is 3. The van der Waals surface area contributed by atoms with Gasteiger partial charge in [0.1, 0.15) is 5.75 Å². The van der Waals surface area contributed by atoms with E-state index in [0.29, 0.717) is 11.1 Å². The van der Waals surface area contributed by atoms with Gasteiger partial charge in [0.2, 0.25) is 0 Å². The smallest absolute Gasteiger partial charge is 0.494 e. The highest BCUT2D eigenvalue weighted by Gasteiger charge is 2.31. The first-order chi connectivity index (χ1) is 10.3. The lowest BCUT2D eigenvalue weighted by molar-refractivity contribution is -0.274. The molecule has 2 N–H and O–H groups in total. The van der Waals surface area contributed by atoms with E-state index in [-0.39, 0.29) is 11.5 Å². The van der Waals surface area contributed by atoms with Gasteiger partial charge in [-0.05, 0) is 35.4 Å². The van der Waals surface area contributed by atoms with Crippen LogP contribution in [0.5, 0.6) is 11.5 Å². The van der Waals surface area contributed by atoms with Gasteiger partial charge >= 0.3 is 6.36 Å². The van der Waals surface area contributed by atoms with Crippen molar-refractivity contribution >= 4 is 0 Å². The highest BCUT2D eigenvalue weighted by molar-refractivity contribution is 5.38. The molecule has 0 heterocycles. The van der Waals surface area contributed by atoms with Gasteiger partial charge in [-0.1, -0.05) is 18.2 Å². The Morgan fingerprint density at radius 2 is 1.59 bits per heavy atom. The van der Waals surface area contributed by atoms with Crippen LogP contribution in [0.1, 0.15) is 17.2 Å². The molecule has 0 aromatic heterocycles. The van der Waals surface area contributed by atoms with Gasteiger partial charge in [0, 0.05) is 0 Å². The van der Waals surface area contributed by atoms with Crippen molar-refractivity contribution in [3.8, 4) is 11.5 Å². The van der Waals surface area contributed by atoms with Gasteiger partial charge in [0.15, 0.2) is 11.6 Å². The maximum absolute atomic E-state index is 13.7. The Labute approximate surface area is 124 Å². The molecule has 3 nitrogen and oxygen atoms in total. The fraction of sp³-hybridized carbons (Fsp3) is 0.200. The monoisotopic (exact) mass is 315 g/mol. The zero-order valence-electron chi connectivity index (χ0n) is 11.5. The summed E-state index contributed by atoms with van der Waals surface area (Å²) in [6.45, 7) is 0. The minimum Gasteiger partial charge on any atom is -0.494 e. The van der Waals surface area contributed by atoms with E-state index in [1.807, 2.05) is 0 Å². The average Bonchev–Trinajstić information content (AvgIpc) is 2.45. The molecule has 2 rings (SSSR count). The lowest BCUT2D eigenvalue weighted by Crippen LogP contribution is -2.17. The molecule has 0 fully saturated rings. The van der Waals surface area contributed by atoms with E-state index in [2.05, 4.69) is 4.74 Å². The van der Waals surface area contributed by atoms with Crippen LogP contribution in [0, 0.1) is 5.82 Å². The summed E-state index contributed by atoms with van der Waals surface area (Å²) in [6.07, 6.45) is -4.75. The van der Waals surface area contributed by atoms with Gasteiger partial charge in [-0.2, -0.15) is 0 Å². The Morgan fingerprint density at radius 3 is 2.09 bits per heavy atom. The minimum absolute atomic E-state index is 0.0878. The Bertz CT molecular complexity index is 641. The minimum atomic E-state index is -4.75. The summed E-state index contributed by atoms with van der Waals surface area (Å²) in [6, 6.07) is 8.68. The topological polar surface area (TPSA) is 44.5 Å². The maximum Gasteiger partial charge on any atom is 0.573 e. The van der Waals surface area contributed by atoms with Crippen molar-refractivity contribution in [2.75, 3.05) is 7.11 Å². The molecule has 0 saturated heterocycles. The fourth-order valence-corrected chi connectivity index (χ4v) is 1.95. The third-order valence-corrected chi connectivity index (χ3v) is 3.01. The number of benzene rings is 2. The van der Waals surface area contributed by atoms with E-state index >= 15 is 0 Å². The van der Waals surface area contributed by atoms with Gasteiger partial charge in [-0.15, -0.1) is 13.2 Å². The second-order valence-electron chi connectivity index (χ2n) is 4.49. The van der Waals surface area contributed by atoms with E-state index in [9.17, 15) is 17.6 Å². The van der Waals surface area contributed by atoms with Crippen LogP contribution < -0.4 is 15.2 Å². The molecule has 22 heavy (non-hydrogen) atoms. The molecule has 0 saturated carbocycles. The third kappa shape index (κ3) is 3.88. The van der Waals surface area contributed by atoms with Gasteiger partial charge in [0.25, 0.3) is 0 Å². The van der Waals surface area contributed by atoms with Crippen LogP contribution in [0.3, 0.4) is 0 Å². The number of rotatable bonds is 4. The Hall–Kier alpha value is -2.28. The average molecular weight is 315 g/mol. The van der Waals surface area contributed by atoms with Gasteiger partial charge in [-0.3, -0.25) is 0 Å². The summed E-state index contributed by atoms with van der Waals surface area (Å²) in [5.41, 5.74) is 6.99. The molecule has 0 radical (unpaired) electrons. The Morgan fingerprint density at radius 1 is 1.00 bits per heavy atom. The summed E-state index contributed by atoms with van der Waals surface area (Å²) >= 11 is 0. The molecule has 0 amide bonds. The van der Waals surface area contributed by atoms with Crippen LogP contribution >= 0.6 is 0 Å². The number of hydrogen-bond acceptors (Lipinski definition) is 3. The van der Waals surface area contributed by atoms with Crippen LogP contribution in [0.2, 0.25) is 0 Å². The normalized spacial score (nSPS) is 12.8. The molecule has 0 aliphatic heterocycles. The van der Waals surface area contributed by atoms with Crippen molar-refractivity contribution < 1.29 is 27.0 Å². The molecule has 0 unspecified atom stereocenters. The maximum atomic E-state index is 13.7. The zero-order chi connectivity index (χ0) is 16.3. The SMILES string of the molecule is COc1ccc([C@H](N)c2ccc(OC(F)(F)F)cc2)cc1F. The van der Waals surface area contributed by atoms with E-state index < -0.39 is 18.2 Å². The summed E-state index contributed by atoms with van der Waals surface area (Å²) in [7, 11) is 1.34. The first-order valence-electron chi connectivity index (χ1n) is 6.25. The Balaban J connectivity index is 2.19. The van der Waals surface area contributed by atoms with Crippen molar-refractivity contribution in [1.29, 1.82) is 0 Å². The van der Waals surface area contributed by atoms with Gasteiger partial charge in [-0.25, -0.2) is 4.39 Å². The third-order valence-electron chi connectivity index (χ3n) is 3.01. The standard InChI is InChI=1S/C15H13F4NO2/c1-21-13-7-4-10(8-12(13)16)14(20)9-2-5-11(6-3-9)22-15(17,18)19/h2-8,14H,20H2,1H3/t14-/m1/s1. The van der Waals surface area contributed by atoms with Crippen LogP contribution in [0.4, 0.5) is 17.6 Å². The first-order valence-corrected chi connectivity index (χ1v) is 6.25. The summed E-state index contributed by atoms with van der Waals surface area (Å²) in [4.78, 5) is 0. The van der Waals surface area contributed by atoms with Gasteiger partial charge in [0.05, 0.1) is 13.2 Å². The molecule has 1 atom stereocenters. The lowest BCUT2D eigenvalue weighted by atomic mass is 9.99. The van der Waals surface area contributed by atoms with Crippen LogP contribution in [-0.4, -0.2) is 13.5 Å². The quantitative estimate of drug-likeness (QED) is 0.873. The van der Waals surface area contributed by atoms with Crippen LogP contribution in [-0.2, 0) is 0 Å². The predicted octanol–water partition coefficient (Wildman–Crippen LogP) is 3.78. The second-order valence-corrected chi connectivity index (χ2v) is 4.49. The lowest BCUT2D eigenvalue weighted by Gasteiger charge is -2.15. The summed E-state index contributed by atoms with van der Waals surface area (Å²) in [5.74, 6) is -0.818. The molecule has 0 aliphatic rings. The summed E-state index contributed by atoms with van der Waals surface area (Å²) in [5, 5.41) is 0. The van der Waals surface area contributed by atoms with Gasteiger partial charge < -0.3 is 15.2 Å². The fourth-order valence-electron chi connectivity index (χ4n) is 1.95. The van der Waals surface area contributed by atoms with Crippen molar-refractivity contribution in [2.45, 2.75) is 12.4 Å². The van der Waals surface area contributed by atoms with E-state index in [0.717, 1.165) is 12.1 Å². The molecule has 0 spiro atoms. The molecule has 7 heteroatoms. The largest absolute Gasteiger partial charge is 0.573 e. The highest BCUT2D eigenvalue weighted by atomic mass is 19.4. The summed E-state index contributed by atoms with van der Waals surface area (Å²) < 4.78 is 58.5. The van der Waals surface area contributed by atoms with Crippen molar-refractivity contribution in [2.24, 2.45) is 5.73 Å². The number of halogens is 4. The molecular formula is C15H13F4NO2.